The first-order valence-electron chi connectivity index (χ1n) is 10.2. The molecule has 0 bridgehead atoms. The predicted octanol–water partition coefficient (Wildman–Crippen LogP) is 3.52. The first-order chi connectivity index (χ1) is 13.5. The molecule has 2 rings (SSSR count). The summed E-state index contributed by atoms with van der Waals surface area (Å²) in [5, 5.41) is 15.4. The summed E-state index contributed by atoms with van der Waals surface area (Å²) in [6.45, 7) is 11.3. The Morgan fingerprint density at radius 1 is 1.21 bits per heavy atom. The van der Waals surface area contributed by atoms with Crippen molar-refractivity contribution in [1.29, 1.82) is 5.26 Å². The van der Waals surface area contributed by atoms with Crippen LogP contribution in [0.3, 0.4) is 0 Å². The molecule has 0 saturated carbocycles. The third-order valence-electron chi connectivity index (χ3n) is 6.16. The zero-order valence-electron chi connectivity index (χ0n) is 18.0. The van der Waals surface area contributed by atoms with Crippen LogP contribution in [0.15, 0.2) is 18.2 Å². The van der Waals surface area contributed by atoms with Gasteiger partial charge in [0.15, 0.2) is 11.6 Å². The zero-order chi connectivity index (χ0) is 21.8. The van der Waals surface area contributed by atoms with E-state index in [-0.39, 0.29) is 18.4 Å². The molecule has 1 aromatic rings. The quantitative estimate of drug-likeness (QED) is 0.693. The Morgan fingerprint density at radius 2 is 1.83 bits per heavy atom. The summed E-state index contributed by atoms with van der Waals surface area (Å²) in [6, 6.07) is 5.62. The van der Waals surface area contributed by atoms with Gasteiger partial charge in [0.1, 0.15) is 5.54 Å². The van der Waals surface area contributed by atoms with Crippen LogP contribution in [0.5, 0.6) is 0 Å². The first kappa shape index (κ1) is 23.2. The van der Waals surface area contributed by atoms with Gasteiger partial charge in [0, 0.05) is 5.54 Å². The van der Waals surface area contributed by atoms with E-state index in [4.69, 9.17) is 0 Å². The van der Waals surface area contributed by atoms with Gasteiger partial charge in [-0.15, -0.1) is 0 Å². The third kappa shape index (κ3) is 5.31. The highest BCUT2D eigenvalue weighted by Crippen LogP contribution is 2.34. The molecule has 1 aliphatic rings. The van der Waals surface area contributed by atoms with Crippen molar-refractivity contribution in [3.63, 3.8) is 0 Å². The van der Waals surface area contributed by atoms with Gasteiger partial charge in [0.05, 0.1) is 18.7 Å². The van der Waals surface area contributed by atoms with Gasteiger partial charge in [-0.2, -0.15) is 5.26 Å². The van der Waals surface area contributed by atoms with Gasteiger partial charge in [-0.1, -0.05) is 19.9 Å². The second-order valence-electron chi connectivity index (χ2n) is 8.85. The smallest absolute Gasteiger partial charge is 0.235 e. The summed E-state index contributed by atoms with van der Waals surface area (Å²) in [5.74, 6) is -2.18. The van der Waals surface area contributed by atoms with Gasteiger partial charge in [0.25, 0.3) is 0 Å². The largest absolute Gasteiger partial charge is 0.337 e. The Labute approximate surface area is 172 Å². The van der Waals surface area contributed by atoms with E-state index in [9.17, 15) is 18.8 Å². The number of carbonyl (C=O) groups is 1. The van der Waals surface area contributed by atoms with Crippen LogP contribution in [-0.2, 0) is 4.79 Å². The maximum Gasteiger partial charge on any atom is 0.235 e. The van der Waals surface area contributed by atoms with Crippen molar-refractivity contribution in [2.45, 2.75) is 64.6 Å². The number of likely N-dealkylation sites (tertiary alicyclic amines) is 1. The van der Waals surface area contributed by atoms with Crippen LogP contribution < -0.4 is 10.6 Å². The maximum atomic E-state index is 13.9. The van der Waals surface area contributed by atoms with E-state index in [1.165, 1.54) is 6.07 Å². The Bertz CT molecular complexity index is 769. The van der Waals surface area contributed by atoms with Gasteiger partial charge in [0.2, 0.25) is 5.91 Å². The molecule has 29 heavy (non-hydrogen) atoms. The van der Waals surface area contributed by atoms with Crippen LogP contribution in [-0.4, -0.2) is 41.5 Å². The molecule has 1 fully saturated rings. The summed E-state index contributed by atoms with van der Waals surface area (Å²) in [6.07, 6.45) is 2.17. The lowest BCUT2D eigenvalue weighted by Gasteiger charge is -2.43. The van der Waals surface area contributed by atoms with E-state index < -0.39 is 28.8 Å². The van der Waals surface area contributed by atoms with Crippen molar-refractivity contribution in [3.8, 4) is 6.07 Å². The molecule has 0 aliphatic carbocycles. The summed E-state index contributed by atoms with van der Waals surface area (Å²) >= 11 is 0. The average molecular weight is 407 g/mol. The molecule has 2 N–H and O–H groups in total. The van der Waals surface area contributed by atoms with Crippen LogP contribution >= 0.6 is 0 Å². The predicted molar refractivity (Wildman–Crippen MR) is 109 cm³/mol. The zero-order valence-corrected chi connectivity index (χ0v) is 18.0. The van der Waals surface area contributed by atoms with Crippen LogP contribution in [0.4, 0.5) is 8.78 Å². The van der Waals surface area contributed by atoms with E-state index >= 15 is 0 Å². The standard InChI is InChI=1S/C22H32F2N4O/c1-15(2)22(5,14-25)27-19(29)13-26-20(16-8-9-17(23)18(24)12-16)21(3,4)28-10-6-7-11-28/h8-9,12,15,20,26H,6-7,10-11,13H2,1-5H3,(H,27,29)/t20-,22+/m1/s1. The van der Waals surface area contributed by atoms with E-state index in [0.717, 1.165) is 32.0 Å². The minimum absolute atomic E-state index is 0.0368. The van der Waals surface area contributed by atoms with Gasteiger partial charge >= 0.3 is 0 Å². The topological polar surface area (TPSA) is 68.2 Å². The Balaban J connectivity index is 2.23. The number of amides is 1. The molecule has 0 spiro atoms. The Kier molecular flexibility index (Phi) is 7.36. The van der Waals surface area contributed by atoms with Crippen molar-refractivity contribution in [1.82, 2.24) is 15.5 Å². The first-order valence-corrected chi connectivity index (χ1v) is 10.2. The number of hydrogen-bond donors (Lipinski definition) is 2. The number of nitrogens with zero attached hydrogens (tertiary/aromatic N) is 2. The molecule has 0 radical (unpaired) electrons. The molecular formula is C22H32F2N4O. The van der Waals surface area contributed by atoms with Gasteiger partial charge < -0.3 is 5.32 Å². The molecule has 1 aromatic carbocycles. The number of benzene rings is 1. The summed E-state index contributed by atoms with van der Waals surface area (Å²) in [7, 11) is 0. The molecular weight excluding hydrogens is 374 g/mol. The van der Waals surface area contributed by atoms with Crippen molar-refractivity contribution < 1.29 is 13.6 Å². The molecule has 1 heterocycles. The molecule has 2 atom stereocenters. The molecule has 0 unspecified atom stereocenters. The van der Waals surface area contributed by atoms with Crippen LogP contribution in [0.2, 0.25) is 0 Å². The maximum absolute atomic E-state index is 13.9. The number of halogens is 2. The summed E-state index contributed by atoms with van der Waals surface area (Å²) in [5.41, 5.74) is -0.807. The van der Waals surface area contributed by atoms with Gasteiger partial charge in [-0.25, -0.2) is 8.78 Å². The number of nitriles is 1. The highest BCUT2D eigenvalue weighted by atomic mass is 19.2. The fraction of sp³-hybridized carbons (Fsp3) is 0.636. The fourth-order valence-electron chi connectivity index (χ4n) is 3.77. The Morgan fingerprint density at radius 3 is 2.34 bits per heavy atom. The average Bonchev–Trinajstić information content (AvgIpc) is 3.20. The highest BCUT2D eigenvalue weighted by Gasteiger charge is 2.38. The van der Waals surface area contributed by atoms with Crippen molar-refractivity contribution >= 4 is 5.91 Å². The van der Waals surface area contributed by atoms with Crippen LogP contribution in [0.1, 0.15) is 59.1 Å². The summed E-state index contributed by atoms with van der Waals surface area (Å²) < 4.78 is 27.4. The highest BCUT2D eigenvalue weighted by molar-refractivity contribution is 5.79. The van der Waals surface area contributed by atoms with E-state index in [1.54, 1.807) is 13.0 Å². The van der Waals surface area contributed by atoms with E-state index in [2.05, 4.69) is 21.6 Å². The monoisotopic (exact) mass is 406 g/mol. The minimum Gasteiger partial charge on any atom is -0.337 e. The molecule has 7 heteroatoms. The SMILES string of the molecule is CC(C)[C@](C)(C#N)NC(=O)CN[C@H](c1ccc(F)c(F)c1)C(C)(C)N1CCCC1. The molecule has 5 nitrogen and oxygen atoms in total. The molecule has 160 valence electrons. The lowest BCUT2D eigenvalue weighted by atomic mass is 9.86. The van der Waals surface area contributed by atoms with E-state index in [1.807, 2.05) is 27.7 Å². The fourth-order valence-corrected chi connectivity index (χ4v) is 3.77. The van der Waals surface area contributed by atoms with Crippen molar-refractivity contribution in [3.05, 3.63) is 35.4 Å². The molecule has 1 amide bonds. The van der Waals surface area contributed by atoms with Crippen molar-refractivity contribution in [2.75, 3.05) is 19.6 Å². The second-order valence-corrected chi connectivity index (χ2v) is 8.85. The second kappa shape index (κ2) is 9.19. The number of rotatable bonds is 8. The lowest BCUT2D eigenvalue weighted by molar-refractivity contribution is -0.122. The van der Waals surface area contributed by atoms with Crippen LogP contribution in [0, 0.1) is 28.9 Å². The number of carbonyl (C=O) groups excluding carboxylic acids is 1. The Hall–Kier alpha value is -2.04. The molecule has 0 aromatic heterocycles. The summed E-state index contributed by atoms with van der Waals surface area (Å²) in [4.78, 5) is 14.9. The minimum atomic E-state index is -0.972. The van der Waals surface area contributed by atoms with E-state index in [0.29, 0.717) is 5.56 Å². The van der Waals surface area contributed by atoms with Crippen LogP contribution in [0.25, 0.3) is 0 Å². The van der Waals surface area contributed by atoms with Crippen molar-refractivity contribution in [2.24, 2.45) is 5.92 Å². The number of hydrogen-bond acceptors (Lipinski definition) is 4. The van der Waals surface area contributed by atoms with Gasteiger partial charge in [-0.3, -0.25) is 15.0 Å². The van der Waals surface area contributed by atoms with Gasteiger partial charge in [-0.05, 0) is 70.3 Å². The lowest BCUT2D eigenvalue weighted by Crippen LogP contribution is -2.55. The molecule has 1 aliphatic heterocycles. The third-order valence-corrected chi connectivity index (χ3v) is 6.16. The normalized spacial score (nSPS) is 18.3. The number of nitrogens with one attached hydrogen (secondary N) is 2. The molecule has 1 saturated heterocycles.